The zero-order valence-corrected chi connectivity index (χ0v) is 12.5. The molecule has 2 atom stereocenters. The van der Waals surface area contributed by atoms with Crippen molar-refractivity contribution in [3.63, 3.8) is 0 Å². The molecule has 21 heavy (non-hydrogen) atoms. The van der Waals surface area contributed by atoms with Crippen LogP contribution in [-0.4, -0.2) is 26.6 Å². The van der Waals surface area contributed by atoms with E-state index < -0.39 is 17.2 Å². The van der Waals surface area contributed by atoms with Crippen LogP contribution in [0.3, 0.4) is 0 Å². The highest BCUT2D eigenvalue weighted by atomic mass is 32.2. The van der Waals surface area contributed by atoms with E-state index in [1.807, 2.05) is 6.26 Å². The van der Waals surface area contributed by atoms with Crippen molar-refractivity contribution < 1.29 is 18.5 Å². The van der Waals surface area contributed by atoms with Gasteiger partial charge in [0.15, 0.2) is 0 Å². The molecule has 112 valence electrons. The Kier molecular flexibility index (Phi) is 4.84. The minimum absolute atomic E-state index is 0.0575. The summed E-state index contributed by atoms with van der Waals surface area (Å²) in [5.74, 6) is -1.44. The van der Waals surface area contributed by atoms with Crippen molar-refractivity contribution >= 4 is 11.8 Å². The van der Waals surface area contributed by atoms with Crippen molar-refractivity contribution in [3.8, 4) is 0 Å². The highest BCUT2D eigenvalue weighted by Crippen LogP contribution is 2.34. The van der Waals surface area contributed by atoms with E-state index in [1.165, 1.54) is 36.8 Å². The standard InChI is InChI=1S/C14H16F2N3OS/c1-10(21-2)14(20,6-19-8-17-7-18-9-19)12-4-3-11(15)5-13(12)16/h3-5,7-10,20H,6H2,1-2H3/q+1. The van der Waals surface area contributed by atoms with Gasteiger partial charge < -0.3 is 5.11 Å². The number of benzene rings is 1. The van der Waals surface area contributed by atoms with Gasteiger partial charge in [0.1, 0.15) is 23.8 Å². The number of hydrogen-bond acceptors (Lipinski definition) is 4. The van der Waals surface area contributed by atoms with Crippen molar-refractivity contribution in [2.45, 2.75) is 24.3 Å². The van der Waals surface area contributed by atoms with Gasteiger partial charge >= 0.3 is 0 Å². The first-order valence-electron chi connectivity index (χ1n) is 6.32. The fraction of sp³-hybridized carbons (Fsp3) is 0.357. The molecule has 0 amide bonds. The van der Waals surface area contributed by atoms with Gasteiger partial charge in [-0.1, -0.05) is 23.0 Å². The van der Waals surface area contributed by atoms with E-state index >= 15 is 0 Å². The quantitative estimate of drug-likeness (QED) is 0.854. The average molecular weight is 312 g/mol. The molecule has 1 heterocycles. The molecule has 1 N–H and O–H groups in total. The van der Waals surface area contributed by atoms with Crippen LogP contribution in [0.4, 0.5) is 8.78 Å². The SMILES string of the molecule is CSC(C)C(O)(C[n+]1cncnc1)c1ccc(F)cc1F. The van der Waals surface area contributed by atoms with Gasteiger partial charge in [-0.05, 0) is 12.3 Å². The molecule has 0 spiro atoms. The summed E-state index contributed by atoms with van der Waals surface area (Å²) >= 11 is 1.39. The lowest BCUT2D eigenvalue weighted by molar-refractivity contribution is -0.717. The van der Waals surface area contributed by atoms with E-state index in [0.717, 1.165) is 12.1 Å². The number of aliphatic hydroxyl groups is 1. The second-order valence-corrected chi connectivity index (χ2v) is 5.92. The average Bonchev–Trinajstić information content (AvgIpc) is 2.47. The Labute approximate surface area is 125 Å². The largest absolute Gasteiger partial charge is 0.381 e. The molecule has 1 aromatic carbocycles. The van der Waals surface area contributed by atoms with E-state index in [1.54, 1.807) is 11.5 Å². The summed E-state index contributed by atoms with van der Waals surface area (Å²) in [6.45, 7) is 1.86. The van der Waals surface area contributed by atoms with E-state index in [-0.39, 0.29) is 17.4 Å². The number of halogens is 2. The Morgan fingerprint density at radius 1 is 1.33 bits per heavy atom. The van der Waals surface area contributed by atoms with Gasteiger partial charge in [-0.25, -0.2) is 13.3 Å². The van der Waals surface area contributed by atoms with Crippen LogP contribution in [0.25, 0.3) is 0 Å². The Morgan fingerprint density at radius 2 is 2.00 bits per heavy atom. The molecule has 7 heteroatoms. The summed E-state index contributed by atoms with van der Waals surface area (Å²) in [7, 11) is 0. The van der Waals surface area contributed by atoms with Crippen LogP contribution in [0.1, 0.15) is 12.5 Å². The van der Waals surface area contributed by atoms with Crippen LogP contribution in [0.15, 0.2) is 37.2 Å². The highest BCUT2D eigenvalue weighted by Gasteiger charge is 2.39. The van der Waals surface area contributed by atoms with Crippen molar-refractivity contribution in [3.05, 3.63) is 54.4 Å². The molecule has 0 aliphatic heterocycles. The third kappa shape index (κ3) is 3.36. The molecule has 0 saturated carbocycles. The van der Waals surface area contributed by atoms with Crippen LogP contribution in [0, 0.1) is 11.6 Å². The van der Waals surface area contributed by atoms with Gasteiger partial charge in [0.2, 0.25) is 12.7 Å². The maximum atomic E-state index is 14.1. The molecule has 0 aliphatic rings. The summed E-state index contributed by atoms with van der Waals surface area (Å²) in [6.07, 6.45) is 6.17. The van der Waals surface area contributed by atoms with Crippen LogP contribution < -0.4 is 4.57 Å². The third-order valence-electron chi connectivity index (χ3n) is 3.41. The summed E-state index contributed by atoms with van der Waals surface area (Å²) in [5.41, 5.74) is -1.45. The molecule has 0 saturated heterocycles. The monoisotopic (exact) mass is 312 g/mol. The fourth-order valence-corrected chi connectivity index (χ4v) is 2.72. The van der Waals surface area contributed by atoms with Crippen LogP contribution >= 0.6 is 11.8 Å². The summed E-state index contributed by atoms with van der Waals surface area (Å²) in [4.78, 5) is 7.73. The molecule has 2 unspecified atom stereocenters. The second kappa shape index (κ2) is 6.44. The molecule has 2 aromatic rings. The Morgan fingerprint density at radius 3 is 2.57 bits per heavy atom. The molecular formula is C14H16F2N3OS+. The number of hydrogen-bond donors (Lipinski definition) is 1. The normalized spacial score (nSPS) is 15.5. The first-order chi connectivity index (χ1) is 9.97. The second-order valence-electron chi connectivity index (χ2n) is 4.74. The minimum Gasteiger partial charge on any atom is -0.381 e. The zero-order valence-electron chi connectivity index (χ0n) is 11.7. The topological polar surface area (TPSA) is 49.9 Å². The van der Waals surface area contributed by atoms with Gasteiger partial charge in [0.05, 0.1) is 0 Å². The number of thioether (sulfide) groups is 1. The lowest BCUT2D eigenvalue weighted by atomic mass is 9.90. The number of nitrogens with zero attached hydrogens (tertiary/aromatic N) is 3. The summed E-state index contributed by atoms with van der Waals surface area (Å²) in [6, 6.07) is 3.20. The fourth-order valence-electron chi connectivity index (χ4n) is 2.13. The smallest absolute Gasteiger partial charge is 0.263 e. The highest BCUT2D eigenvalue weighted by molar-refractivity contribution is 7.99. The summed E-state index contributed by atoms with van der Waals surface area (Å²) < 4.78 is 28.8. The Bertz CT molecular complexity index is 614. The molecule has 2 rings (SSSR count). The van der Waals surface area contributed by atoms with Crippen LogP contribution in [0.5, 0.6) is 0 Å². The lowest BCUT2D eigenvalue weighted by Gasteiger charge is -2.33. The molecule has 0 fully saturated rings. The third-order valence-corrected chi connectivity index (χ3v) is 4.51. The minimum atomic E-state index is -1.51. The zero-order chi connectivity index (χ0) is 15.5. The predicted octanol–water partition coefficient (Wildman–Crippen LogP) is 1.68. The van der Waals surface area contributed by atoms with E-state index in [2.05, 4.69) is 9.97 Å². The van der Waals surface area contributed by atoms with Gasteiger partial charge in [-0.15, -0.1) is 0 Å². The van der Waals surface area contributed by atoms with Crippen molar-refractivity contribution in [2.24, 2.45) is 0 Å². The molecule has 1 aromatic heterocycles. The van der Waals surface area contributed by atoms with E-state index in [9.17, 15) is 13.9 Å². The maximum Gasteiger partial charge on any atom is 0.263 e. The maximum absolute atomic E-state index is 14.1. The van der Waals surface area contributed by atoms with E-state index in [4.69, 9.17) is 0 Å². The van der Waals surface area contributed by atoms with E-state index in [0.29, 0.717) is 0 Å². The Hall–Kier alpha value is -1.60. The summed E-state index contributed by atoms with van der Waals surface area (Å²) in [5, 5.41) is 10.7. The first kappa shape index (κ1) is 15.8. The van der Waals surface area contributed by atoms with Crippen molar-refractivity contribution in [2.75, 3.05) is 6.26 Å². The molecule has 0 bridgehead atoms. The van der Waals surface area contributed by atoms with Gasteiger partial charge in [-0.3, -0.25) is 0 Å². The van der Waals surface area contributed by atoms with Gasteiger partial charge in [-0.2, -0.15) is 11.8 Å². The first-order valence-corrected chi connectivity index (χ1v) is 7.61. The van der Waals surface area contributed by atoms with Crippen LogP contribution in [-0.2, 0) is 12.1 Å². The lowest BCUT2D eigenvalue weighted by Crippen LogP contribution is -2.51. The van der Waals surface area contributed by atoms with Gasteiger partial charge in [0, 0.05) is 16.9 Å². The Balaban J connectivity index is 2.46. The van der Waals surface area contributed by atoms with Gasteiger partial charge in [0.25, 0.3) is 6.33 Å². The van der Waals surface area contributed by atoms with Crippen molar-refractivity contribution in [1.82, 2.24) is 9.97 Å². The van der Waals surface area contributed by atoms with Crippen molar-refractivity contribution in [1.29, 1.82) is 0 Å². The number of aromatic nitrogens is 3. The van der Waals surface area contributed by atoms with Crippen LogP contribution in [0.2, 0.25) is 0 Å². The molecular weight excluding hydrogens is 296 g/mol. The molecule has 4 nitrogen and oxygen atoms in total. The predicted molar refractivity (Wildman–Crippen MR) is 75.5 cm³/mol. The number of rotatable bonds is 5. The molecule has 0 radical (unpaired) electrons. The molecule has 0 aliphatic carbocycles.